The minimum atomic E-state index is -3.92. The first-order chi connectivity index (χ1) is 5.00. The summed E-state index contributed by atoms with van der Waals surface area (Å²) in [6.07, 6.45) is 1.21. The topological polar surface area (TPSA) is 135 Å². The van der Waals surface area contributed by atoms with E-state index in [9.17, 15) is 0 Å². The Labute approximate surface area is 84.9 Å². The molecule has 0 saturated carbocycles. The van der Waals surface area contributed by atoms with Crippen LogP contribution in [0.15, 0.2) is 0 Å². The first kappa shape index (κ1) is 18.4. The molecular formula is C2H10O7S2Sn. The summed E-state index contributed by atoms with van der Waals surface area (Å²) in [5, 5.41) is 0. The molecule has 12 heavy (non-hydrogen) atoms. The zero-order valence-electron chi connectivity index (χ0n) is 6.71. The fourth-order valence-electron chi connectivity index (χ4n) is 0. The van der Waals surface area contributed by atoms with Crippen molar-refractivity contribution >= 4 is 43.2 Å². The second-order valence-corrected chi connectivity index (χ2v) is 4.22. The normalized spacial score (nSPS) is 10.4. The van der Waals surface area contributed by atoms with Crippen molar-refractivity contribution in [2.24, 2.45) is 0 Å². The second kappa shape index (κ2) is 8.19. The third-order valence-electron chi connectivity index (χ3n) is 0. The first-order valence-electron chi connectivity index (χ1n) is 2.26. The molecule has 0 aromatic rings. The van der Waals surface area contributed by atoms with Gasteiger partial charge in [-0.15, -0.1) is 0 Å². The van der Waals surface area contributed by atoms with Crippen molar-refractivity contribution in [3.05, 3.63) is 0 Å². The number of hydrogen-bond donors (Lipinski definition) is 1. The average Bonchev–Trinajstić information content (AvgIpc) is 1.59. The Bertz CT molecular complexity index is 216. The van der Waals surface area contributed by atoms with E-state index in [1.807, 2.05) is 0 Å². The van der Waals surface area contributed by atoms with Gasteiger partial charge in [0.2, 0.25) is 0 Å². The molecule has 76 valence electrons. The quantitative estimate of drug-likeness (QED) is 0.361. The molecule has 0 saturated heterocycles. The van der Waals surface area contributed by atoms with Gasteiger partial charge >= 0.3 is 26.4 Å². The molecule has 0 heterocycles. The summed E-state index contributed by atoms with van der Waals surface area (Å²) < 4.78 is 61.7. The van der Waals surface area contributed by atoms with Gasteiger partial charge in [0.05, 0.1) is 20.2 Å². The van der Waals surface area contributed by atoms with Gasteiger partial charge < -0.3 is 9.11 Å². The third-order valence-corrected chi connectivity index (χ3v) is 0. The van der Waals surface area contributed by atoms with E-state index >= 15 is 0 Å². The molecule has 0 rings (SSSR count). The summed E-state index contributed by atoms with van der Waals surface area (Å²) in [6.45, 7) is 0. The van der Waals surface area contributed by atoms with E-state index in [0.717, 1.165) is 0 Å². The Kier molecular flexibility index (Phi) is 12.5. The van der Waals surface area contributed by atoms with E-state index in [-0.39, 0.29) is 22.9 Å². The maximum absolute atomic E-state index is 9.08. The minimum absolute atomic E-state index is 0.0500. The Morgan fingerprint density at radius 1 is 0.917 bits per heavy atom. The third kappa shape index (κ3) is 2900. The second-order valence-electron chi connectivity index (χ2n) is 1.41. The molecular weight excluding hydrogens is 319 g/mol. The predicted molar refractivity (Wildman–Crippen MR) is 43.4 cm³/mol. The summed E-state index contributed by atoms with van der Waals surface area (Å²) >= 11 is -0.0500. The fourth-order valence-corrected chi connectivity index (χ4v) is 0. The number of hydrogen-bond acceptors (Lipinski definition) is 7. The van der Waals surface area contributed by atoms with Crippen LogP contribution in [0, 0.1) is 0 Å². The van der Waals surface area contributed by atoms with Gasteiger partial charge in [-0.3, -0.25) is 0 Å². The Morgan fingerprint density at radius 3 is 0.917 bits per heavy atom. The molecule has 10 heteroatoms. The van der Waals surface area contributed by atoms with Crippen LogP contribution in [-0.4, -0.2) is 64.8 Å². The van der Waals surface area contributed by atoms with Crippen LogP contribution in [0.1, 0.15) is 0 Å². The molecule has 7 nitrogen and oxygen atoms in total. The van der Waals surface area contributed by atoms with Gasteiger partial charge in [0.25, 0.3) is 0 Å². The van der Waals surface area contributed by atoms with Crippen LogP contribution in [0.25, 0.3) is 0 Å². The molecule has 0 amide bonds. The Balaban J connectivity index is -0.000000112. The van der Waals surface area contributed by atoms with Crippen molar-refractivity contribution in [2.75, 3.05) is 12.5 Å². The van der Waals surface area contributed by atoms with Crippen LogP contribution in [0.2, 0.25) is 0 Å². The van der Waals surface area contributed by atoms with Crippen LogP contribution in [-0.2, 0) is 20.2 Å². The van der Waals surface area contributed by atoms with Gasteiger partial charge in [-0.2, -0.15) is 0 Å². The zero-order valence-corrected chi connectivity index (χ0v) is 14.1. The van der Waals surface area contributed by atoms with E-state index in [1.165, 1.54) is 0 Å². The number of rotatable bonds is 0. The van der Waals surface area contributed by atoms with Crippen LogP contribution in [0.4, 0.5) is 0 Å². The predicted octanol–water partition coefficient (Wildman–Crippen LogP) is -3.42. The molecule has 0 bridgehead atoms. The van der Waals surface area contributed by atoms with Gasteiger partial charge in [-0.05, 0) is 0 Å². The Morgan fingerprint density at radius 2 is 0.917 bits per heavy atom. The molecule has 0 aliphatic rings. The summed E-state index contributed by atoms with van der Waals surface area (Å²) in [7, 11) is -7.83. The van der Waals surface area contributed by atoms with Crippen LogP contribution in [0.5, 0.6) is 0 Å². The molecule has 1 N–H and O–H groups in total. The van der Waals surface area contributed by atoms with Gasteiger partial charge in [0.1, 0.15) is 0 Å². The van der Waals surface area contributed by atoms with E-state index in [4.69, 9.17) is 29.4 Å². The van der Waals surface area contributed by atoms with Crippen LogP contribution >= 0.6 is 0 Å². The molecule has 0 spiro atoms. The van der Waals surface area contributed by atoms with Crippen molar-refractivity contribution < 1.29 is 29.4 Å². The van der Waals surface area contributed by atoms with E-state index < -0.39 is 20.2 Å². The average molecular weight is 329 g/mol. The molecule has 0 aromatic heterocycles. The Hall–Kier alpha value is 0.579. The summed E-state index contributed by atoms with van der Waals surface area (Å²) in [5.74, 6) is 0. The monoisotopic (exact) mass is 330 g/mol. The van der Waals surface area contributed by atoms with Crippen molar-refractivity contribution in [1.82, 2.24) is 0 Å². The van der Waals surface area contributed by atoms with Gasteiger partial charge in [-0.1, -0.05) is 0 Å². The first-order valence-corrected chi connectivity index (χ1v) is 8.45. The van der Waals surface area contributed by atoms with Crippen molar-refractivity contribution in [3.63, 3.8) is 0 Å². The maximum atomic E-state index is 9.08. The standard InChI is InChI=1S/2CH4O3S.H2O.Sn.3H/c2*1-5(2,3)4;;;;;/h2*1H3,(H,2,3,4);1H2;;;;/q;;;+3;;;/p-3. The van der Waals surface area contributed by atoms with Crippen LogP contribution in [0.3, 0.4) is 0 Å². The van der Waals surface area contributed by atoms with Crippen LogP contribution < -0.4 is 0 Å². The summed E-state index contributed by atoms with van der Waals surface area (Å²) in [5.41, 5.74) is 0. The molecule has 2 radical (unpaired) electrons. The molecule has 0 atom stereocenters. The zero-order chi connectivity index (χ0) is 11.0. The molecule has 0 aliphatic heterocycles. The molecule has 0 aromatic carbocycles. The van der Waals surface area contributed by atoms with Gasteiger partial charge in [0.15, 0.2) is 0 Å². The van der Waals surface area contributed by atoms with Crippen molar-refractivity contribution in [3.8, 4) is 0 Å². The van der Waals surface area contributed by atoms with E-state index in [2.05, 4.69) is 0 Å². The van der Waals surface area contributed by atoms with Crippen molar-refractivity contribution in [1.29, 1.82) is 0 Å². The van der Waals surface area contributed by atoms with E-state index in [0.29, 0.717) is 12.5 Å². The van der Waals surface area contributed by atoms with E-state index in [1.54, 1.807) is 0 Å². The van der Waals surface area contributed by atoms with Crippen molar-refractivity contribution in [2.45, 2.75) is 0 Å². The fraction of sp³-hybridized carbons (Fsp3) is 1.00. The summed E-state index contributed by atoms with van der Waals surface area (Å²) in [6, 6.07) is 0. The molecule has 0 fully saturated rings. The van der Waals surface area contributed by atoms with Gasteiger partial charge in [0, 0.05) is 12.5 Å². The SMILES string of the molecule is CS(=O)(=O)[O-].CS(=O)(=O)[O-].[OH][SnH3+2]. The molecule has 0 aliphatic carbocycles. The van der Waals surface area contributed by atoms with Gasteiger partial charge in [-0.25, -0.2) is 16.8 Å². The summed E-state index contributed by atoms with van der Waals surface area (Å²) in [4.78, 5) is 0. The molecule has 0 unspecified atom stereocenters.